The van der Waals surface area contributed by atoms with E-state index in [4.69, 9.17) is 4.74 Å². The van der Waals surface area contributed by atoms with Crippen molar-refractivity contribution in [3.63, 3.8) is 0 Å². The van der Waals surface area contributed by atoms with E-state index in [1.807, 2.05) is 13.0 Å². The van der Waals surface area contributed by atoms with Crippen LogP contribution in [-0.4, -0.2) is 12.1 Å². The standard InChI is InChI=1S/C15H28O2/c1-4-5-6-7-8-9-10-11-12-13-14(2)17-15(3)16/h12-14H,4-11H2,1-3H3/b13-12-. The van der Waals surface area contributed by atoms with E-state index in [9.17, 15) is 4.79 Å². The Hall–Kier alpha value is -0.790. The predicted molar refractivity (Wildman–Crippen MR) is 73.0 cm³/mol. The molecule has 0 saturated heterocycles. The Morgan fingerprint density at radius 3 is 2.29 bits per heavy atom. The van der Waals surface area contributed by atoms with Crippen LogP contribution in [0.1, 0.15) is 72.1 Å². The first-order valence-electron chi connectivity index (χ1n) is 7.00. The maximum absolute atomic E-state index is 10.7. The summed E-state index contributed by atoms with van der Waals surface area (Å²) in [6.45, 7) is 5.58. The molecular formula is C15H28O2. The molecule has 100 valence electrons. The zero-order valence-electron chi connectivity index (χ0n) is 11.7. The fourth-order valence-electron chi connectivity index (χ4n) is 1.81. The Morgan fingerprint density at radius 1 is 1.12 bits per heavy atom. The monoisotopic (exact) mass is 240 g/mol. The quantitative estimate of drug-likeness (QED) is 0.316. The molecule has 0 aromatic rings. The van der Waals surface area contributed by atoms with Gasteiger partial charge in [-0.2, -0.15) is 0 Å². The molecule has 0 aromatic carbocycles. The average Bonchev–Trinajstić information content (AvgIpc) is 2.26. The molecule has 0 aliphatic rings. The number of hydrogen-bond acceptors (Lipinski definition) is 2. The number of ether oxygens (including phenoxy) is 1. The van der Waals surface area contributed by atoms with Crippen molar-refractivity contribution in [3.05, 3.63) is 12.2 Å². The number of hydrogen-bond donors (Lipinski definition) is 0. The first-order chi connectivity index (χ1) is 8.16. The minimum absolute atomic E-state index is 0.0861. The molecule has 0 heterocycles. The van der Waals surface area contributed by atoms with E-state index in [2.05, 4.69) is 13.0 Å². The number of carbonyl (C=O) groups excluding carboxylic acids is 1. The van der Waals surface area contributed by atoms with Crippen LogP contribution in [0, 0.1) is 0 Å². The summed E-state index contributed by atoms with van der Waals surface area (Å²) in [5, 5.41) is 0. The molecule has 0 rings (SSSR count). The third-order valence-electron chi connectivity index (χ3n) is 2.73. The summed E-state index contributed by atoms with van der Waals surface area (Å²) in [6, 6.07) is 0. The van der Waals surface area contributed by atoms with Gasteiger partial charge < -0.3 is 4.74 Å². The van der Waals surface area contributed by atoms with Crippen LogP contribution < -0.4 is 0 Å². The SMILES string of the molecule is CCCCCCCCC/C=C\C(C)OC(C)=O. The highest BCUT2D eigenvalue weighted by Gasteiger charge is 1.98. The molecule has 0 N–H and O–H groups in total. The summed E-state index contributed by atoms with van der Waals surface area (Å²) in [4.78, 5) is 10.7. The van der Waals surface area contributed by atoms with Gasteiger partial charge in [-0.05, 0) is 25.8 Å². The number of unbranched alkanes of at least 4 members (excludes halogenated alkanes) is 7. The van der Waals surface area contributed by atoms with Crippen molar-refractivity contribution in [1.82, 2.24) is 0 Å². The van der Waals surface area contributed by atoms with Gasteiger partial charge in [0, 0.05) is 6.92 Å². The van der Waals surface area contributed by atoms with Gasteiger partial charge in [0.25, 0.3) is 0 Å². The van der Waals surface area contributed by atoms with Gasteiger partial charge in [0.15, 0.2) is 0 Å². The van der Waals surface area contributed by atoms with Crippen molar-refractivity contribution in [2.45, 2.75) is 78.2 Å². The molecule has 0 bridgehead atoms. The number of rotatable bonds is 10. The van der Waals surface area contributed by atoms with Crippen LogP contribution in [0.3, 0.4) is 0 Å². The Kier molecular flexibility index (Phi) is 11.1. The molecule has 0 spiro atoms. The van der Waals surface area contributed by atoms with Crippen molar-refractivity contribution in [2.24, 2.45) is 0 Å². The largest absolute Gasteiger partial charge is 0.459 e. The van der Waals surface area contributed by atoms with E-state index in [0.717, 1.165) is 6.42 Å². The number of esters is 1. The van der Waals surface area contributed by atoms with Crippen molar-refractivity contribution >= 4 is 5.97 Å². The van der Waals surface area contributed by atoms with Crippen molar-refractivity contribution < 1.29 is 9.53 Å². The van der Waals surface area contributed by atoms with Gasteiger partial charge in [0.2, 0.25) is 0 Å². The Morgan fingerprint density at radius 2 is 1.71 bits per heavy atom. The second-order valence-electron chi connectivity index (χ2n) is 4.65. The van der Waals surface area contributed by atoms with E-state index < -0.39 is 0 Å². The van der Waals surface area contributed by atoms with Crippen LogP contribution >= 0.6 is 0 Å². The van der Waals surface area contributed by atoms with E-state index >= 15 is 0 Å². The highest BCUT2D eigenvalue weighted by molar-refractivity contribution is 5.66. The fraction of sp³-hybridized carbons (Fsp3) is 0.800. The Labute approximate surface area is 106 Å². The van der Waals surface area contributed by atoms with Crippen LogP contribution in [0.15, 0.2) is 12.2 Å². The zero-order valence-corrected chi connectivity index (χ0v) is 11.7. The van der Waals surface area contributed by atoms with E-state index in [0.29, 0.717) is 0 Å². The minimum atomic E-state index is -0.210. The van der Waals surface area contributed by atoms with E-state index in [-0.39, 0.29) is 12.1 Å². The summed E-state index contributed by atoms with van der Waals surface area (Å²) in [7, 11) is 0. The van der Waals surface area contributed by atoms with Crippen LogP contribution in [0.4, 0.5) is 0 Å². The lowest BCUT2D eigenvalue weighted by atomic mass is 10.1. The Bertz CT molecular complexity index is 209. The van der Waals surface area contributed by atoms with Crippen LogP contribution in [0.25, 0.3) is 0 Å². The van der Waals surface area contributed by atoms with E-state index in [1.54, 1.807) is 0 Å². The summed E-state index contributed by atoms with van der Waals surface area (Å²) < 4.78 is 5.00. The van der Waals surface area contributed by atoms with Gasteiger partial charge in [-0.1, -0.05) is 51.5 Å². The molecule has 1 atom stereocenters. The molecule has 0 fully saturated rings. The lowest BCUT2D eigenvalue weighted by Gasteiger charge is -2.05. The van der Waals surface area contributed by atoms with Crippen molar-refractivity contribution in [2.75, 3.05) is 0 Å². The lowest BCUT2D eigenvalue weighted by molar-refractivity contribution is -0.143. The number of allylic oxidation sites excluding steroid dienone is 1. The first kappa shape index (κ1) is 16.2. The minimum Gasteiger partial charge on any atom is -0.459 e. The Balaban J connectivity index is 3.26. The summed E-state index contributed by atoms with van der Waals surface area (Å²) in [5.41, 5.74) is 0. The molecule has 0 amide bonds. The van der Waals surface area contributed by atoms with Crippen LogP contribution in [0.5, 0.6) is 0 Å². The topological polar surface area (TPSA) is 26.3 Å². The van der Waals surface area contributed by atoms with Crippen molar-refractivity contribution in [3.8, 4) is 0 Å². The van der Waals surface area contributed by atoms with E-state index in [1.165, 1.54) is 51.9 Å². The van der Waals surface area contributed by atoms with Gasteiger partial charge in [-0.25, -0.2) is 0 Å². The molecule has 2 heteroatoms. The smallest absolute Gasteiger partial charge is 0.303 e. The second kappa shape index (κ2) is 11.7. The maximum Gasteiger partial charge on any atom is 0.303 e. The highest BCUT2D eigenvalue weighted by atomic mass is 16.5. The molecule has 0 aliphatic heterocycles. The fourth-order valence-corrected chi connectivity index (χ4v) is 1.81. The summed E-state index contributed by atoms with van der Waals surface area (Å²) in [5.74, 6) is -0.210. The molecule has 1 unspecified atom stereocenters. The molecule has 2 nitrogen and oxygen atoms in total. The summed E-state index contributed by atoms with van der Waals surface area (Å²) in [6.07, 6.45) is 14.5. The third-order valence-corrected chi connectivity index (χ3v) is 2.73. The van der Waals surface area contributed by atoms with Gasteiger partial charge in [0.1, 0.15) is 6.10 Å². The molecule has 0 aliphatic carbocycles. The zero-order chi connectivity index (χ0) is 12.9. The molecule has 0 radical (unpaired) electrons. The van der Waals surface area contributed by atoms with Gasteiger partial charge in [-0.15, -0.1) is 0 Å². The molecule has 0 aromatic heterocycles. The second-order valence-corrected chi connectivity index (χ2v) is 4.65. The van der Waals surface area contributed by atoms with Gasteiger partial charge in [0.05, 0.1) is 0 Å². The molecule has 17 heavy (non-hydrogen) atoms. The van der Waals surface area contributed by atoms with Crippen LogP contribution in [-0.2, 0) is 9.53 Å². The maximum atomic E-state index is 10.7. The third kappa shape index (κ3) is 13.1. The average molecular weight is 240 g/mol. The number of carbonyl (C=O) groups is 1. The highest BCUT2D eigenvalue weighted by Crippen LogP contribution is 2.08. The van der Waals surface area contributed by atoms with Crippen molar-refractivity contribution in [1.29, 1.82) is 0 Å². The van der Waals surface area contributed by atoms with Gasteiger partial charge in [-0.3, -0.25) is 4.79 Å². The predicted octanol–water partition coefficient (Wildman–Crippen LogP) is 4.63. The summed E-state index contributed by atoms with van der Waals surface area (Å²) >= 11 is 0. The molecular weight excluding hydrogens is 212 g/mol. The molecule has 0 saturated carbocycles. The lowest BCUT2D eigenvalue weighted by Crippen LogP contribution is -2.08. The first-order valence-corrected chi connectivity index (χ1v) is 7.00. The van der Waals surface area contributed by atoms with Gasteiger partial charge >= 0.3 is 5.97 Å². The normalized spacial score (nSPS) is 12.9. The van der Waals surface area contributed by atoms with Crippen LogP contribution in [0.2, 0.25) is 0 Å².